The van der Waals surface area contributed by atoms with E-state index < -0.39 is 5.97 Å². The number of carbonyl (C=O) groups excluding carboxylic acids is 1. The van der Waals surface area contributed by atoms with Crippen LogP contribution in [0.15, 0.2) is 60.8 Å². The Bertz CT molecular complexity index is 811. The normalized spacial score (nSPS) is 10.5. The molecule has 0 spiro atoms. The number of carbonyl (C=O) groups is 1. The topological polar surface area (TPSA) is 44.1 Å². The van der Waals surface area contributed by atoms with E-state index in [0.29, 0.717) is 17.2 Å². The molecule has 4 nitrogen and oxygen atoms in total. The SMILES string of the molecule is CCOC(=O)c1nn(-c2ccccc2)cc1-c1ccc(Cl)cc1. The Kier molecular flexibility index (Phi) is 4.44. The summed E-state index contributed by atoms with van der Waals surface area (Å²) in [7, 11) is 0. The predicted octanol–water partition coefficient (Wildman–Crippen LogP) is 4.37. The van der Waals surface area contributed by atoms with Crippen molar-refractivity contribution in [2.45, 2.75) is 6.92 Å². The summed E-state index contributed by atoms with van der Waals surface area (Å²) in [4.78, 5) is 12.2. The van der Waals surface area contributed by atoms with Crippen LogP contribution in [0.5, 0.6) is 0 Å². The van der Waals surface area contributed by atoms with Crippen LogP contribution in [0.25, 0.3) is 16.8 Å². The van der Waals surface area contributed by atoms with Gasteiger partial charge in [0.15, 0.2) is 5.69 Å². The molecule has 0 saturated heterocycles. The fourth-order valence-corrected chi connectivity index (χ4v) is 2.40. The average molecular weight is 327 g/mol. The van der Waals surface area contributed by atoms with E-state index in [1.54, 1.807) is 23.7 Å². The van der Waals surface area contributed by atoms with Crippen LogP contribution in [-0.2, 0) is 4.74 Å². The molecule has 0 N–H and O–H groups in total. The summed E-state index contributed by atoms with van der Waals surface area (Å²) in [5.74, 6) is -0.438. The molecule has 3 rings (SSSR count). The van der Waals surface area contributed by atoms with Crippen molar-refractivity contribution < 1.29 is 9.53 Å². The Morgan fingerprint density at radius 3 is 2.48 bits per heavy atom. The summed E-state index contributed by atoms with van der Waals surface area (Å²) in [6.45, 7) is 2.07. The van der Waals surface area contributed by atoms with Gasteiger partial charge in [-0.25, -0.2) is 9.48 Å². The molecule has 0 unspecified atom stereocenters. The van der Waals surface area contributed by atoms with Gasteiger partial charge in [-0.05, 0) is 36.8 Å². The van der Waals surface area contributed by atoms with Crippen molar-refractivity contribution in [3.63, 3.8) is 0 Å². The molecule has 0 saturated carbocycles. The maximum absolute atomic E-state index is 12.2. The van der Waals surface area contributed by atoms with Gasteiger partial charge in [0, 0.05) is 16.8 Å². The van der Waals surface area contributed by atoms with Crippen molar-refractivity contribution in [1.82, 2.24) is 9.78 Å². The van der Waals surface area contributed by atoms with E-state index in [4.69, 9.17) is 16.3 Å². The number of aromatic nitrogens is 2. The zero-order valence-electron chi connectivity index (χ0n) is 12.6. The lowest BCUT2D eigenvalue weighted by atomic mass is 10.1. The zero-order chi connectivity index (χ0) is 16.2. The van der Waals surface area contributed by atoms with Crippen LogP contribution < -0.4 is 0 Å². The summed E-state index contributed by atoms with van der Waals surface area (Å²) in [5, 5.41) is 5.05. The van der Waals surface area contributed by atoms with E-state index >= 15 is 0 Å². The second-order valence-electron chi connectivity index (χ2n) is 4.90. The molecular weight excluding hydrogens is 312 g/mol. The highest BCUT2D eigenvalue weighted by atomic mass is 35.5. The Balaban J connectivity index is 2.10. The number of esters is 1. The number of ether oxygens (including phenoxy) is 1. The highest BCUT2D eigenvalue weighted by Gasteiger charge is 2.19. The van der Waals surface area contributed by atoms with Crippen LogP contribution in [-0.4, -0.2) is 22.4 Å². The van der Waals surface area contributed by atoms with Crippen molar-refractivity contribution in [2.24, 2.45) is 0 Å². The highest BCUT2D eigenvalue weighted by Crippen LogP contribution is 2.26. The van der Waals surface area contributed by atoms with E-state index in [1.807, 2.05) is 48.7 Å². The maximum Gasteiger partial charge on any atom is 0.359 e. The number of hydrogen-bond acceptors (Lipinski definition) is 3. The molecular formula is C18H15ClN2O2. The van der Waals surface area contributed by atoms with Gasteiger partial charge >= 0.3 is 5.97 Å². The third-order valence-electron chi connectivity index (χ3n) is 3.36. The lowest BCUT2D eigenvalue weighted by Gasteiger charge is -2.02. The van der Waals surface area contributed by atoms with Gasteiger partial charge in [0.25, 0.3) is 0 Å². The standard InChI is InChI=1S/C18H15ClN2O2/c1-2-23-18(22)17-16(13-8-10-14(19)11-9-13)12-21(20-17)15-6-4-3-5-7-15/h3-12H,2H2,1H3. The van der Waals surface area contributed by atoms with Crippen molar-refractivity contribution >= 4 is 17.6 Å². The third-order valence-corrected chi connectivity index (χ3v) is 3.61. The molecule has 0 aliphatic rings. The lowest BCUT2D eigenvalue weighted by molar-refractivity contribution is 0.0520. The second kappa shape index (κ2) is 6.67. The first-order valence-electron chi connectivity index (χ1n) is 7.27. The number of nitrogens with zero attached hydrogens (tertiary/aromatic N) is 2. The van der Waals surface area contributed by atoms with Crippen LogP contribution in [0.2, 0.25) is 5.02 Å². The molecule has 5 heteroatoms. The quantitative estimate of drug-likeness (QED) is 0.669. The molecule has 0 aliphatic carbocycles. The van der Waals surface area contributed by atoms with E-state index in [2.05, 4.69) is 5.10 Å². The summed E-state index contributed by atoms with van der Waals surface area (Å²) in [6, 6.07) is 16.9. The fourth-order valence-electron chi connectivity index (χ4n) is 2.28. The number of para-hydroxylation sites is 1. The molecule has 116 valence electrons. The van der Waals surface area contributed by atoms with E-state index in [0.717, 1.165) is 11.3 Å². The molecule has 0 amide bonds. The fraction of sp³-hybridized carbons (Fsp3) is 0.111. The summed E-state index contributed by atoms with van der Waals surface area (Å²) in [6.07, 6.45) is 1.82. The van der Waals surface area contributed by atoms with Gasteiger partial charge in [0.1, 0.15) is 0 Å². The van der Waals surface area contributed by atoms with Gasteiger partial charge in [0.2, 0.25) is 0 Å². The smallest absolute Gasteiger partial charge is 0.359 e. The van der Waals surface area contributed by atoms with Gasteiger partial charge in [-0.3, -0.25) is 0 Å². The molecule has 2 aromatic carbocycles. The van der Waals surface area contributed by atoms with Crippen LogP contribution in [0.1, 0.15) is 17.4 Å². The van der Waals surface area contributed by atoms with Crippen molar-refractivity contribution in [2.75, 3.05) is 6.61 Å². The van der Waals surface area contributed by atoms with E-state index in [9.17, 15) is 4.79 Å². The second-order valence-corrected chi connectivity index (χ2v) is 5.34. The van der Waals surface area contributed by atoms with Gasteiger partial charge in [-0.15, -0.1) is 0 Å². The van der Waals surface area contributed by atoms with Crippen LogP contribution in [0, 0.1) is 0 Å². The minimum atomic E-state index is -0.438. The summed E-state index contributed by atoms with van der Waals surface area (Å²) >= 11 is 5.94. The zero-order valence-corrected chi connectivity index (χ0v) is 13.3. The van der Waals surface area contributed by atoms with Gasteiger partial charge in [-0.1, -0.05) is 41.9 Å². The lowest BCUT2D eigenvalue weighted by Crippen LogP contribution is -2.07. The minimum absolute atomic E-state index is 0.290. The molecule has 0 atom stereocenters. The first-order chi connectivity index (χ1) is 11.2. The monoisotopic (exact) mass is 326 g/mol. The highest BCUT2D eigenvalue weighted by molar-refractivity contribution is 6.30. The molecule has 1 aromatic heterocycles. The third kappa shape index (κ3) is 3.27. The molecule has 1 heterocycles. The summed E-state index contributed by atoms with van der Waals surface area (Å²) in [5.41, 5.74) is 2.74. The van der Waals surface area contributed by atoms with E-state index in [-0.39, 0.29) is 5.69 Å². The Morgan fingerprint density at radius 1 is 1.13 bits per heavy atom. The van der Waals surface area contributed by atoms with Crippen molar-refractivity contribution in [1.29, 1.82) is 0 Å². The molecule has 0 aliphatic heterocycles. The van der Waals surface area contributed by atoms with Crippen molar-refractivity contribution in [3.05, 3.63) is 71.5 Å². The van der Waals surface area contributed by atoms with Crippen LogP contribution >= 0.6 is 11.6 Å². The number of rotatable bonds is 4. The van der Waals surface area contributed by atoms with Gasteiger partial charge in [-0.2, -0.15) is 5.10 Å². The first kappa shape index (κ1) is 15.3. The van der Waals surface area contributed by atoms with Gasteiger partial charge in [0.05, 0.1) is 12.3 Å². The van der Waals surface area contributed by atoms with Crippen LogP contribution in [0.4, 0.5) is 0 Å². The Morgan fingerprint density at radius 2 is 1.83 bits per heavy atom. The van der Waals surface area contributed by atoms with Crippen LogP contribution in [0.3, 0.4) is 0 Å². The number of halogens is 1. The molecule has 0 bridgehead atoms. The summed E-state index contributed by atoms with van der Waals surface area (Å²) < 4.78 is 6.80. The molecule has 3 aromatic rings. The molecule has 0 radical (unpaired) electrons. The van der Waals surface area contributed by atoms with Crippen molar-refractivity contribution in [3.8, 4) is 16.8 Å². The maximum atomic E-state index is 12.2. The Hall–Kier alpha value is -2.59. The Labute approximate surface area is 139 Å². The predicted molar refractivity (Wildman–Crippen MR) is 90.0 cm³/mol. The average Bonchev–Trinajstić information content (AvgIpc) is 3.02. The van der Waals surface area contributed by atoms with Gasteiger partial charge < -0.3 is 4.74 Å². The number of benzene rings is 2. The van der Waals surface area contributed by atoms with E-state index in [1.165, 1.54) is 0 Å². The molecule has 0 fully saturated rings. The largest absolute Gasteiger partial charge is 0.461 e. The minimum Gasteiger partial charge on any atom is -0.461 e. The first-order valence-corrected chi connectivity index (χ1v) is 7.65. The molecule has 23 heavy (non-hydrogen) atoms. The number of hydrogen-bond donors (Lipinski definition) is 0.